The van der Waals surface area contributed by atoms with Crippen LogP contribution in [0.5, 0.6) is 0 Å². The van der Waals surface area contributed by atoms with Gasteiger partial charge >= 0.3 is 11.9 Å². The molecule has 0 amide bonds. The van der Waals surface area contributed by atoms with E-state index in [0.29, 0.717) is 0 Å². The second kappa shape index (κ2) is 3.81. The summed E-state index contributed by atoms with van der Waals surface area (Å²) < 4.78 is 0.946. The molecule has 0 fully saturated rings. The van der Waals surface area contributed by atoms with Gasteiger partial charge < -0.3 is 10.2 Å². The molecule has 0 bridgehead atoms. The number of nitrogens with zero attached hydrogens (tertiary/aromatic N) is 4. The maximum absolute atomic E-state index is 10.6. The molecule has 1 aromatic rings. The predicted octanol–water partition coefficient (Wildman–Crippen LogP) is -1.05. The maximum Gasteiger partial charge on any atom is 0.325 e. The molecule has 0 spiro atoms. The van der Waals surface area contributed by atoms with Crippen molar-refractivity contribution in [1.82, 2.24) is 20.2 Å². The quantitative estimate of drug-likeness (QED) is 0.636. The monoisotopic (exact) mass is 200 g/mol. The van der Waals surface area contributed by atoms with E-state index >= 15 is 0 Å². The summed E-state index contributed by atoms with van der Waals surface area (Å²) >= 11 is 0. The van der Waals surface area contributed by atoms with Gasteiger partial charge in [-0.25, -0.2) is 4.68 Å². The zero-order chi connectivity index (χ0) is 10.7. The van der Waals surface area contributed by atoms with Crippen molar-refractivity contribution in [3.8, 4) is 0 Å². The third kappa shape index (κ3) is 2.03. The van der Waals surface area contributed by atoms with Crippen LogP contribution < -0.4 is 0 Å². The van der Waals surface area contributed by atoms with Gasteiger partial charge in [-0.3, -0.25) is 9.59 Å². The van der Waals surface area contributed by atoms with Crippen LogP contribution in [-0.2, 0) is 16.1 Å². The lowest BCUT2D eigenvalue weighted by Crippen LogP contribution is -2.18. The molecule has 0 saturated heterocycles. The van der Waals surface area contributed by atoms with Gasteiger partial charge in [0.15, 0.2) is 5.82 Å². The zero-order valence-electron chi connectivity index (χ0n) is 7.28. The Morgan fingerprint density at radius 2 is 2.14 bits per heavy atom. The molecule has 0 aromatic carbocycles. The van der Waals surface area contributed by atoms with E-state index in [9.17, 15) is 9.59 Å². The van der Waals surface area contributed by atoms with E-state index in [0.717, 1.165) is 4.68 Å². The minimum atomic E-state index is -1.13. The van der Waals surface area contributed by atoms with Crippen molar-refractivity contribution in [2.45, 2.75) is 19.4 Å². The number of carbonyl (C=O) groups is 2. The number of tetrazole rings is 1. The van der Waals surface area contributed by atoms with E-state index in [2.05, 4.69) is 15.5 Å². The second-order valence-electron chi connectivity index (χ2n) is 2.65. The molecule has 0 aliphatic rings. The number of carboxylic acids is 2. The molecule has 1 atom stereocenters. The molecule has 76 valence electrons. The molecule has 0 saturated carbocycles. The summed E-state index contributed by atoms with van der Waals surface area (Å²) in [7, 11) is 0. The summed E-state index contributed by atoms with van der Waals surface area (Å²) in [5.74, 6) is -3.13. The number of hydrogen-bond acceptors (Lipinski definition) is 5. The molecule has 1 heterocycles. The van der Waals surface area contributed by atoms with Crippen LogP contribution in [0.15, 0.2) is 0 Å². The Morgan fingerprint density at radius 3 is 2.64 bits per heavy atom. The fraction of sp³-hybridized carbons (Fsp3) is 0.500. The van der Waals surface area contributed by atoms with Crippen molar-refractivity contribution in [2.24, 2.45) is 0 Å². The van der Waals surface area contributed by atoms with Crippen LogP contribution in [0, 0.1) is 0 Å². The molecule has 1 aromatic heterocycles. The van der Waals surface area contributed by atoms with Crippen molar-refractivity contribution in [2.75, 3.05) is 0 Å². The van der Waals surface area contributed by atoms with E-state index < -0.39 is 24.4 Å². The van der Waals surface area contributed by atoms with E-state index in [-0.39, 0.29) is 5.82 Å². The number of carboxylic acid groups (broad SMARTS) is 2. The Labute approximate surface area is 78.2 Å². The molecule has 0 aliphatic carbocycles. The second-order valence-corrected chi connectivity index (χ2v) is 2.65. The van der Waals surface area contributed by atoms with Crippen molar-refractivity contribution >= 4 is 11.9 Å². The Kier molecular flexibility index (Phi) is 2.75. The third-order valence-corrected chi connectivity index (χ3v) is 1.60. The first kappa shape index (κ1) is 10.1. The summed E-state index contributed by atoms with van der Waals surface area (Å²) in [6, 6.07) is 0. The lowest BCUT2D eigenvalue weighted by molar-refractivity contribution is -0.140. The van der Waals surface area contributed by atoms with Crippen LogP contribution in [-0.4, -0.2) is 42.4 Å². The van der Waals surface area contributed by atoms with Gasteiger partial charge in [0.1, 0.15) is 12.5 Å². The third-order valence-electron chi connectivity index (χ3n) is 1.60. The molecule has 8 nitrogen and oxygen atoms in total. The average Bonchev–Trinajstić information content (AvgIpc) is 2.49. The normalized spacial score (nSPS) is 12.4. The standard InChI is InChI=1S/C6H8N4O4/c1-3(6(13)14)5-7-8-9-10(5)2-4(11)12/h3H,2H2,1H3,(H,11,12)(H,13,14). The number of aromatic nitrogens is 4. The summed E-state index contributed by atoms with van der Waals surface area (Å²) in [5, 5.41) is 27.2. The molecule has 8 heteroatoms. The van der Waals surface area contributed by atoms with E-state index in [1.165, 1.54) is 6.92 Å². The molecule has 0 radical (unpaired) electrons. The SMILES string of the molecule is CC(C(=O)O)c1nnnn1CC(=O)O. The van der Waals surface area contributed by atoms with Crippen LogP contribution in [0.25, 0.3) is 0 Å². The molecule has 1 rings (SSSR count). The Bertz CT molecular complexity index is 360. The van der Waals surface area contributed by atoms with Gasteiger partial charge in [0.25, 0.3) is 0 Å². The van der Waals surface area contributed by atoms with Gasteiger partial charge in [-0.15, -0.1) is 5.10 Å². The molecule has 2 N–H and O–H groups in total. The molecule has 1 unspecified atom stereocenters. The van der Waals surface area contributed by atoms with Crippen molar-refractivity contribution in [1.29, 1.82) is 0 Å². The summed E-state index contributed by atoms with van der Waals surface area (Å²) in [4.78, 5) is 20.9. The molecular formula is C6H8N4O4. The van der Waals surface area contributed by atoms with Crippen LogP contribution in [0.2, 0.25) is 0 Å². The highest BCUT2D eigenvalue weighted by Crippen LogP contribution is 2.10. The molecule has 14 heavy (non-hydrogen) atoms. The van der Waals surface area contributed by atoms with Crippen LogP contribution >= 0.6 is 0 Å². The van der Waals surface area contributed by atoms with Gasteiger partial charge in [-0.2, -0.15) is 0 Å². The van der Waals surface area contributed by atoms with E-state index in [4.69, 9.17) is 10.2 Å². The first-order chi connectivity index (χ1) is 6.52. The Balaban J connectivity index is 2.92. The summed E-state index contributed by atoms with van der Waals surface area (Å²) in [5.41, 5.74) is 0. The molecule has 0 aliphatic heterocycles. The molecular weight excluding hydrogens is 192 g/mol. The Morgan fingerprint density at radius 1 is 1.50 bits per heavy atom. The van der Waals surface area contributed by atoms with Gasteiger partial charge in [0.2, 0.25) is 0 Å². The fourth-order valence-corrected chi connectivity index (χ4v) is 0.873. The van der Waals surface area contributed by atoms with Gasteiger partial charge in [0.05, 0.1) is 0 Å². The van der Waals surface area contributed by atoms with E-state index in [1.54, 1.807) is 0 Å². The number of rotatable bonds is 4. The van der Waals surface area contributed by atoms with Crippen LogP contribution in [0.3, 0.4) is 0 Å². The minimum absolute atomic E-state index is 0.0277. The first-order valence-electron chi connectivity index (χ1n) is 3.73. The van der Waals surface area contributed by atoms with Gasteiger partial charge in [-0.05, 0) is 17.4 Å². The van der Waals surface area contributed by atoms with Gasteiger partial charge in [0, 0.05) is 0 Å². The summed E-state index contributed by atoms with van der Waals surface area (Å²) in [6.45, 7) is 0.937. The van der Waals surface area contributed by atoms with Crippen LogP contribution in [0.1, 0.15) is 18.7 Å². The highest BCUT2D eigenvalue weighted by Gasteiger charge is 2.21. The first-order valence-corrected chi connectivity index (χ1v) is 3.73. The van der Waals surface area contributed by atoms with Crippen molar-refractivity contribution < 1.29 is 19.8 Å². The lowest BCUT2D eigenvalue weighted by Gasteiger charge is -2.04. The number of aliphatic carboxylic acids is 2. The lowest BCUT2D eigenvalue weighted by atomic mass is 10.2. The smallest absolute Gasteiger partial charge is 0.325 e. The topological polar surface area (TPSA) is 118 Å². The predicted molar refractivity (Wildman–Crippen MR) is 41.5 cm³/mol. The van der Waals surface area contributed by atoms with Gasteiger partial charge in [-0.1, -0.05) is 0 Å². The highest BCUT2D eigenvalue weighted by molar-refractivity contribution is 5.74. The van der Waals surface area contributed by atoms with E-state index in [1.807, 2.05) is 0 Å². The van der Waals surface area contributed by atoms with Crippen molar-refractivity contribution in [3.05, 3.63) is 5.82 Å². The average molecular weight is 200 g/mol. The minimum Gasteiger partial charge on any atom is -0.481 e. The maximum atomic E-state index is 10.6. The van der Waals surface area contributed by atoms with Crippen LogP contribution in [0.4, 0.5) is 0 Å². The zero-order valence-corrected chi connectivity index (χ0v) is 7.28. The number of hydrogen-bond donors (Lipinski definition) is 2. The van der Waals surface area contributed by atoms with Crippen molar-refractivity contribution in [3.63, 3.8) is 0 Å². The summed E-state index contributed by atoms with van der Waals surface area (Å²) in [6.07, 6.45) is 0. The highest BCUT2D eigenvalue weighted by atomic mass is 16.4. The fourth-order valence-electron chi connectivity index (χ4n) is 0.873. The largest absolute Gasteiger partial charge is 0.481 e. The Hall–Kier alpha value is -1.99.